The Balaban J connectivity index is 1.79. The first-order chi connectivity index (χ1) is 11.6. The van der Waals surface area contributed by atoms with Gasteiger partial charge in [-0.2, -0.15) is 0 Å². The highest BCUT2D eigenvalue weighted by Crippen LogP contribution is 2.43. The normalized spacial score (nSPS) is 31.8. The molecule has 2 aliphatic rings. The standard InChI is InChI=1S/C18H31N3O2S/c1-2-15-10-11-16-13-24(22,23)18-19-14-21(20-18)12-8-6-4-3-5-7-9-17(15)16/h14-17H,2-13H2,1H3. The quantitative estimate of drug-likeness (QED) is 0.769. The van der Waals surface area contributed by atoms with Crippen LogP contribution in [0.5, 0.6) is 0 Å². The Morgan fingerprint density at radius 2 is 1.83 bits per heavy atom. The number of nitrogens with zero attached hydrogens (tertiary/aromatic N) is 3. The molecule has 0 radical (unpaired) electrons. The molecule has 0 spiro atoms. The summed E-state index contributed by atoms with van der Waals surface area (Å²) >= 11 is 0. The van der Waals surface area contributed by atoms with Crippen LogP contribution in [-0.4, -0.2) is 28.9 Å². The third-order valence-electron chi connectivity index (χ3n) is 6.05. The van der Waals surface area contributed by atoms with Crippen LogP contribution in [0.15, 0.2) is 11.5 Å². The average Bonchev–Trinajstić information content (AvgIpc) is 3.16. The molecule has 0 aromatic carbocycles. The molecule has 1 aromatic rings. The molecule has 1 aliphatic heterocycles. The van der Waals surface area contributed by atoms with E-state index in [4.69, 9.17) is 0 Å². The van der Waals surface area contributed by atoms with Gasteiger partial charge >= 0.3 is 0 Å². The Morgan fingerprint density at radius 1 is 1.08 bits per heavy atom. The Labute approximate surface area is 146 Å². The molecule has 5 nitrogen and oxygen atoms in total. The Morgan fingerprint density at radius 3 is 2.62 bits per heavy atom. The van der Waals surface area contributed by atoms with Gasteiger partial charge in [-0.15, -0.1) is 5.10 Å². The number of aryl methyl sites for hydroxylation is 1. The Bertz CT molecular complexity index is 626. The topological polar surface area (TPSA) is 64.8 Å². The lowest BCUT2D eigenvalue weighted by atomic mass is 9.84. The average molecular weight is 354 g/mol. The first kappa shape index (κ1) is 17.9. The molecule has 2 heterocycles. The molecule has 0 N–H and O–H groups in total. The van der Waals surface area contributed by atoms with Gasteiger partial charge in [-0.3, -0.25) is 4.68 Å². The molecule has 24 heavy (non-hydrogen) atoms. The van der Waals surface area contributed by atoms with Crippen LogP contribution in [0.3, 0.4) is 0 Å². The van der Waals surface area contributed by atoms with Gasteiger partial charge in [0.05, 0.1) is 5.75 Å². The van der Waals surface area contributed by atoms with Crippen molar-refractivity contribution in [2.24, 2.45) is 17.8 Å². The van der Waals surface area contributed by atoms with E-state index in [1.807, 2.05) is 0 Å². The second-order valence-electron chi connectivity index (χ2n) is 7.65. The summed E-state index contributed by atoms with van der Waals surface area (Å²) in [6.45, 7) is 3.02. The zero-order valence-corrected chi connectivity index (χ0v) is 15.7. The van der Waals surface area contributed by atoms with Gasteiger partial charge in [0.25, 0.3) is 5.16 Å². The molecule has 1 aliphatic carbocycles. The number of hydrogen-bond acceptors (Lipinski definition) is 4. The van der Waals surface area contributed by atoms with Gasteiger partial charge in [0.1, 0.15) is 6.33 Å². The minimum atomic E-state index is -3.36. The highest BCUT2D eigenvalue weighted by molar-refractivity contribution is 7.91. The van der Waals surface area contributed by atoms with E-state index in [9.17, 15) is 8.42 Å². The maximum atomic E-state index is 12.8. The van der Waals surface area contributed by atoms with Crippen LogP contribution in [0.1, 0.15) is 71.1 Å². The summed E-state index contributed by atoms with van der Waals surface area (Å²) in [4.78, 5) is 4.10. The highest BCUT2D eigenvalue weighted by atomic mass is 32.2. The summed E-state index contributed by atoms with van der Waals surface area (Å²) in [6, 6.07) is 0. The van der Waals surface area contributed by atoms with Crippen molar-refractivity contribution in [2.45, 2.75) is 82.8 Å². The summed E-state index contributed by atoms with van der Waals surface area (Å²) in [7, 11) is -3.36. The molecule has 2 bridgehead atoms. The zero-order chi connectivity index (χ0) is 17.0. The molecule has 1 saturated carbocycles. The van der Waals surface area contributed by atoms with E-state index in [0.717, 1.165) is 19.4 Å². The SMILES string of the molecule is CCC1CCC2CS(=O)(=O)c3ncn(n3)CCCCCCCCC12. The number of aromatic nitrogens is 3. The van der Waals surface area contributed by atoms with E-state index in [0.29, 0.717) is 11.8 Å². The van der Waals surface area contributed by atoms with Crippen molar-refractivity contribution in [1.82, 2.24) is 14.8 Å². The fraction of sp³-hybridized carbons (Fsp3) is 0.889. The summed E-state index contributed by atoms with van der Waals surface area (Å²) in [5.74, 6) is 1.79. The number of rotatable bonds is 1. The highest BCUT2D eigenvalue weighted by Gasteiger charge is 2.38. The third kappa shape index (κ3) is 4.19. The number of hydrogen-bond donors (Lipinski definition) is 0. The van der Waals surface area contributed by atoms with Crippen molar-refractivity contribution in [3.8, 4) is 0 Å². The maximum Gasteiger partial charge on any atom is 0.266 e. The van der Waals surface area contributed by atoms with Gasteiger partial charge in [-0.05, 0) is 43.4 Å². The fourth-order valence-electron chi connectivity index (χ4n) is 4.67. The Hall–Kier alpha value is -0.910. The molecule has 1 fully saturated rings. The van der Waals surface area contributed by atoms with Crippen molar-refractivity contribution >= 4 is 9.84 Å². The predicted molar refractivity (Wildman–Crippen MR) is 94.4 cm³/mol. The summed E-state index contributed by atoms with van der Waals surface area (Å²) in [5.41, 5.74) is 0. The smallest absolute Gasteiger partial charge is 0.252 e. The van der Waals surface area contributed by atoms with Crippen LogP contribution in [-0.2, 0) is 16.4 Å². The van der Waals surface area contributed by atoms with Gasteiger partial charge in [0.15, 0.2) is 0 Å². The van der Waals surface area contributed by atoms with Crippen LogP contribution in [0.25, 0.3) is 0 Å². The predicted octanol–water partition coefficient (Wildman–Crippen LogP) is 3.85. The van der Waals surface area contributed by atoms with E-state index in [-0.39, 0.29) is 16.8 Å². The van der Waals surface area contributed by atoms with Gasteiger partial charge in [-0.1, -0.05) is 45.4 Å². The second-order valence-corrected chi connectivity index (χ2v) is 9.58. The second kappa shape index (κ2) is 7.98. The summed E-state index contributed by atoms with van der Waals surface area (Å²) in [6.07, 6.45) is 13.5. The summed E-state index contributed by atoms with van der Waals surface area (Å²) < 4.78 is 27.2. The van der Waals surface area contributed by atoms with E-state index >= 15 is 0 Å². The van der Waals surface area contributed by atoms with Crippen LogP contribution in [0.4, 0.5) is 0 Å². The minimum Gasteiger partial charge on any atom is -0.252 e. The zero-order valence-electron chi connectivity index (χ0n) is 14.9. The largest absolute Gasteiger partial charge is 0.266 e. The van der Waals surface area contributed by atoms with Crippen LogP contribution in [0, 0.1) is 17.8 Å². The van der Waals surface area contributed by atoms with Gasteiger partial charge in [0, 0.05) is 6.54 Å². The van der Waals surface area contributed by atoms with Crippen molar-refractivity contribution < 1.29 is 8.42 Å². The van der Waals surface area contributed by atoms with Gasteiger partial charge < -0.3 is 0 Å². The monoisotopic (exact) mass is 353 g/mol. The van der Waals surface area contributed by atoms with Gasteiger partial charge in [-0.25, -0.2) is 13.4 Å². The third-order valence-corrected chi connectivity index (χ3v) is 7.66. The van der Waals surface area contributed by atoms with E-state index in [2.05, 4.69) is 17.0 Å². The van der Waals surface area contributed by atoms with Crippen LogP contribution in [0.2, 0.25) is 0 Å². The molecule has 136 valence electrons. The van der Waals surface area contributed by atoms with Gasteiger partial charge in [0.2, 0.25) is 9.84 Å². The van der Waals surface area contributed by atoms with Crippen LogP contribution >= 0.6 is 0 Å². The minimum absolute atomic E-state index is 0.0380. The van der Waals surface area contributed by atoms with Crippen molar-refractivity contribution in [2.75, 3.05) is 5.75 Å². The summed E-state index contributed by atoms with van der Waals surface area (Å²) in [5, 5.41) is 4.28. The molecular weight excluding hydrogens is 322 g/mol. The molecule has 0 amide bonds. The number of sulfone groups is 1. The lowest BCUT2D eigenvalue weighted by Gasteiger charge is -2.24. The van der Waals surface area contributed by atoms with E-state index in [1.165, 1.54) is 51.4 Å². The lowest BCUT2D eigenvalue weighted by molar-refractivity contribution is 0.290. The van der Waals surface area contributed by atoms with Crippen molar-refractivity contribution in [3.63, 3.8) is 0 Å². The Kier molecular flexibility index (Phi) is 5.95. The molecule has 0 saturated heterocycles. The first-order valence-electron chi connectivity index (χ1n) is 9.72. The maximum absolute atomic E-state index is 12.8. The molecule has 6 heteroatoms. The molecule has 3 rings (SSSR count). The molecule has 3 unspecified atom stereocenters. The molecular formula is C18H31N3O2S. The first-order valence-corrected chi connectivity index (χ1v) is 11.4. The van der Waals surface area contributed by atoms with Crippen molar-refractivity contribution in [1.29, 1.82) is 0 Å². The fourth-order valence-corrected chi connectivity index (χ4v) is 6.24. The molecule has 1 aromatic heterocycles. The van der Waals surface area contributed by atoms with E-state index in [1.54, 1.807) is 11.0 Å². The van der Waals surface area contributed by atoms with Crippen LogP contribution < -0.4 is 0 Å². The van der Waals surface area contributed by atoms with E-state index < -0.39 is 9.84 Å². The molecule has 3 atom stereocenters. The lowest BCUT2D eigenvalue weighted by Crippen LogP contribution is -2.23. The number of fused-ring (bicyclic) bond motifs is 3. The van der Waals surface area contributed by atoms with Crippen molar-refractivity contribution in [3.05, 3.63) is 6.33 Å².